The predicted octanol–water partition coefficient (Wildman–Crippen LogP) is -10.3. The minimum Gasteiger partial charge on any atom is -0.391 e. The number of methoxy groups -OCH3 is 2. The zero-order chi connectivity index (χ0) is 67.7. The molecule has 6 heterocycles. The summed E-state index contributed by atoms with van der Waals surface area (Å²) in [6.45, 7) is 0.718. The van der Waals surface area contributed by atoms with Crippen molar-refractivity contribution in [1.29, 1.82) is 0 Å². The molecular weight excluding hydrogens is 1240 g/mol. The fourth-order valence-corrected chi connectivity index (χ4v) is 11.7. The van der Waals surface area contributed by atoms with Gasteiger partial charge in [-0.1, -0.05) is 0 Å². The molecule has 542 valence electrons. The van der Waals surface area contributed by atoms with Crippen LogP contribution in [0.2, 0.25) is 0 Å². The molecule has 6 aliphatic heterocycles. The molecule has 35 nitrogen and oxygen atoms in total. The van der Waals surface area contributed by atoms with Crippen molar-refractivity contribution < 1.29 is 172 Å². The SMILES string of the molecule is COCC1OC(COCC(C)O)C(COCC2OC(COC3OC(COCC(C)O)C(O)C(O)C3O)C(COCC3OC(COCC(C)O)C(COCC4OC(COC5OC(COCC(C)O)C(O)C(O)C5O)C(OC)C(O)C4O)C(O)C3O)C(O)C2O)C(O)C1O. The molecule has 34 atom stereocenters. The number of aliphatic hydroxyl groups excluding tert-OH is 18. The van der Waals surface area contributed by atoms with Gasteiger partial charge in [-0.05, 0) is 27.7 Å². The van der Waals surface area contributed by atoms with Crippen LogP contribution in [0.1, 0.15) is 27.7 Å². The van der Waals surface area contributed by atoms with Gasteiger partial charge in [-0.2, -0.15) is 0 Å². The third kappa shape index (κ3) is 22.0. The Balaban J connectivity index is 1.11. The number of ether oxygens (including phenoxy) is 17. The smallest absolute Gasteiger partial charge is 0.186 e. The van der Waals surface area contributed by atoms with E-state index < -0.39 is 254 Å². The number of hydrogen-bond donors (Lipinski definition) is 18. The van der Waals surface area contributed by atoms with E-state index in [-0.39, 0.29) is 66.1 Å². The highest BCUT2D eigenvalue weighted by atomic mass is 16.7. The Kier molecular flexibility index (Phi) is 33.6. The van der Waals surface area contributed by atoms with Crippen molar-refractivity contribution in [1.82, 2.24) is 0 Å². The van der Waals surface area contributed by atoms with Crippen LogP contribution in [-0.4, -0.2) is 408 Å². The van der Waals surface area contributed by atoms with E-state index >= 15 is 0 Å². The summed E-state index contributed by atoms with van der Waals surface area (Å²) >= 11 is 0. The van der Waals surface area contributed by atoms with Crippen LogP contribution >= 0.6 is 0 Å². The molecule has 6 aliphatic rings. The zero-order valence-electron chi connectivity index (χ0n) is 52.6. The number of aliphatic hydroxyl groups is 18. The maximum Gasteiger partial charge on any atom is 0.186 e. The molecule has 0 amide bonds. The van der Waals surface area contributed by atoms with Crippen LogP contribution in [-0.2, 0) is 80.5 Å². The Morgan fingerprint density at radius 1 is 0.261 bits per heavy atom. The van der Waals surface area contributed by atoms with Crippen LogP contribution in [0.25, 0.3) is 0 Å². The second kappa shape index (κ2) is 38.8. The van der Waals surface area contributed by atoms with Gasteiger partial charge in [-0.15, -0.1) is 0 Å². The molecule has 35 heteroatoms. The lowest BCUT2D eigenvalue weighted by Gasteiger charge is -2.45. The van der Waals surface area contributed by atoms with E-state index in [0.29, 0.717) is 0 Å². The molecule has 92 heavy (non-hydrogen) atoms. The highest BCUT2D eigenvalue weighted by molar-refractivity contribution is 4.99. The van der Waals surface area contributed by atoms with Crippen LogP contribution in [0.4, 0.5) is 0 Å². The summed E-state index contributed by atoms with van der Waals surface area (Å²) in [7, 11) is 2.63. The van der Waals surface area contributed by atoms with Crippen molar-refractivity contribution >= 4 is 0 Å². The Bertz CT molecular complexity index is 2010. The number of hydrogen-bond acceptors (Lipinski definition) is 35. The third-order valence-electron chi connectivity index (χ3n) is 16.9. The molecule has 0 spiro atoms. The van der Waals surface area contributed by atoms with E-state index in [0.717, 1.165) is 0 Å². The van der Waals surface area contributed by atoms with Gasteiger partial charge in [0.25, 0.3) is 0 Å². The highest BCUT2D eigenvalue weighted by Gasteiger charge is 2.52. The Morgan fingerprint density at radius 2 is 0.522 bits per heavy atom. The first-order chi connectivity index (χ1) is 43.7. The average molecular weight is 1350 g/mol. The Hall–Kier alpha value is -1.40. The molecule has 0 aromatic rings. The van der Waals surface area contributed by atoms with Crippen LogP contribution in [0.3, 0.4) is 0 Å². The lowest BCUT2D eigenvalue weighted by atomic mass is 9.86. The molecule has 18 N–H and O–H groups in total. The van der Waals surface area contributed by atoms with Gasteiger partial charge in [0.05, 0.1) is 173 Å². The maximum atomic E-state index is 11.9. The molecule has 0 aliphatic carbocycles. The van der Waals surface area contributed by atoms with Gasteiger partial charge in [0, 0.05) is 32.0 Å². The molecule has 6 rings (SSSR count). The fraction of sp³-hybridized carbons (Fsp3) is 1.00. The van der Waals surface area contributed by atoms with Crippen molar-refractivity contribution in [2.75, 3.05) is 127 Å². The molecule has 34 unspecified atom stereocenters. The molecule has 0 saturated carbocycles. The number of rotatable bonds is 37. The molecule has 6 saturated heterocycles. The van der Waals surface area contributed by atoms with Crippen molar-refractivity contribution in [2.45, 2.75) is 217 Å². The Labute approximate surface area is 532 Å². The monoisotopic (exact) mass is 1350 g/mol. The first-order valence-corrected chi connectivity index (χ1v) is 31.2. The molecule has 0 aromatic carbocycles. The summed E-state index contributed by atoms with van der Waals surface area (Å²) in [4.78, 5) is 0. The summed E-state index contributed by atoms with van der Waals surface area (Å²) < 4.78 is 98.5. The zero-order valence-corrected chi connectivity index (χ0v) is 52.6. The third-order valence-corrected chi connectivity index (χ3v) is 16.9. The van der Waals surface area contributed by atoms with E-state index in [4.69, 9.17) is 80.5 Å². The molecule has 0 bridgehead atoms. The quantitative estimate of drug-likeness (QED) is 0.0275. The van der Waals surface area contributed by atoms with Crippen LogP contribution in [0, 0.1) is 17.8 Å². The first kappa shape index (κ1) is 79.6. The minimum absolute atomic E-state index is 0.0696. The summed E-state index contributed by atoms with van der Waals surface area (Å²) in [5.74, 6) is -3.23. The Morgan fingerprint density at radius 3 is 0.848 bits per heavy atom. The predicted molar refractivity (Wildman–Crippen MR) is 304 cm³/mol. The van der Waals surface area contributed by atoms with E-state index in [1.54, 1.807) is 0 Å². The largest absolute Gasteiger partial charge is 0.391 e. The normalized spacial score (nSPS) is 43.6. The second-order valence-electron chi connectivity index (χ2n) is 24.8. The van der Waals surface area contributed by atoms with Gasteiger partial charge in [-0.25, -0.2) is 0 Å². The molecule has 6 fully saturated rings. The van der Waals surface area contributed by atoms with Gasteiger partial charge < -0.3 is 172 Å². The summed E-state index contributed by atoms with van der Waals surface area (Å²) in [6, 6.07) is 0. The van der Waals surface area contributed by atoms with Gasteiger partial charge >= 0.3 is 0 Å². The van der Waals surface area contributed by atoms with Gasteiger partial charge in [0.15, 0.2) is 12.6 Å². The topological polar surface area (TPSA) is 521 Å². The van der Waals surface area contributed by atoms with Crippen LogP contribution in [0.5, 0.6) is 0 Å². The van der Waals surface area contributed by atoms with Crippen molar-refractivity contribution in [2.24, 2.45) is 17.8 Å². The average Bonchev–Trinajstić information content (AvgIpc) is 0.928. The van der Waals surface area contributed by atoms with Crippen molar-refractivity contribution in [3.63, 3.8) is 0 Å². The van der Waals surface area contributed by atoms with Crippen LogP contribution < -0.4 is 0 Å². The summed E-state index contributed by atoms with van der Waals surface area (Å²) in [6.07, 6.45) is -42.9. The first-order valence-electron chi connectivity index (χ1n) is 31.2. The van der Waals surface area contributed by atoms with Gasteiger partial charge in [0.2, 0.25) is 0 Å². The van der Waals surface area contributed by atoms with E-state index in [9.17, 15) is 91.9 Å². The van der Waals surface area contributed by atoms with E-state index in [1.807, 2.05) is 0 Å². The van der Waals surface area contributed by atoms with Crippen molar-refractivity contribution in [3.8, 4) is 0 Å². The summed E-state index contributed by atoms with van der Waals surface area (Å²) in [5, 5.41) is 195. The van der Waals surface area contributed by atoms with E-state index in [1.165, 1.54) is 41.9 Å². The lowest BCUT2D eigenvalue weighted by Crippen LogP contribution is -2.62. The van der Waals surface area contributed by atoms with Crippen molar-refractivity contribution in [3.05, 3.63) is 0 Å². The maximum absolute atomic E-state index is 11.9. The molecular formula is C57H104O35. The standard InChI is InChI=1S/C57H104O35/c1-24(58)7-78-15-31-28(41(62)44(65)34(87-31)14-76-5)11-82-18-36-46(67)43(64)30(33(89-36)22-85-56-53(74)50(71)47(68)38(91-56)20-80-9-26(3)60)13-84-17-35-45(66)42(63)29(32(88-35)16-79-8-25(2)59)12-83-19-37-49(70)52(73)55(77-6)40(90-37)23-86-57-54(75)51(72)48(69)39(92-57)21-81-10-27(4)61/h24-75H,7-23H2,1-6H3. The summed E-state index contributed by atoms with van der Waals surface area (Å²) in [5.41, 5.74) is 0. The van der Waals surface area contributed by atoms with Gasteiger partial charge in [0.1, 0.15) is 116 Å². The second-order valence-corrected chi connectivity index (χ2v) is 24.8. The molecule has 0 radical (unpaired) electrons. The highest BCUT2D eigenvalue weighted by Crippen LogP contribution is 2.34. The minimum atomic E-state index is -1.84. The van der Waals surface area contributed by atoms with E-state index in [2.05, 4.69) is 0 Å². The lowest BCUT2D eigenvalue weighted by molar-refractivity contribution is -0.317. The molecule has 0 aromatic heterocycles. The van der Waals surface area contributed by atoms with Gasteiger partial charge in [-0.3, -0.25) is 0 Å². The fourth-order valence-electron chi connectivity index (χ4n) is 11.7. The van der Waals surface area contributed by atoms with Crippen LogP contribution in [0.15, 0.2) is 0 Å².